The van der Waals surface area contributed by atoms with E-state index in [9.17, 15) is 4.57 Å². The molecule has 0 spiro atoms. The van der Waals surface area contributed by atoms with Crippen LogP contribution in [0.15, 0.2) is 0 Å². The van der Waals surface area contributed by atoms with Crippen LogP contribution in [0.2, 0.25) is 0 Å². The molecular formula is C7H16ClO2P. The highest BCUT2D eigenvalue weighted by molar-refractivity contribution is 7.84. The van der Waals surface area contributed by atoms with Crippen molar-refractivity contribution >= 4 is 18.0 Å². The number of halogens is 1. The highest BCUT2D eigenvalue weighted by atomic mass is 35.7. The molecule has 0 fully saturated rings. The van der Waals surface area contributed by atoms with E-state index in [2.05, 4.69) is 0 Å². The predicted octanol–water partition coefficient (Wildman–Crippen LogP) is 3.50. The molecule has 0 aliphatic heterocycles. The zero-order chi connectivity index (χ0) is 9.28. The quantitative estimate of drug-likeness (QED) is 0.635. The minimum Gasteiger partial charge on any atom is -0.314 e. The molecule has 11 heavy (non-hydrogen) atoms. The summed E-state index contributed by atoms with van der Waals surface area (Å²) in [6.45, 7) is 6.50. The molecule has 0 heterocycles. The van der Waals surface area contributed by atoms with Gasteiger partial charge in [-0.1, -0.05) is 20.8 Å². The van der Waals surface area contributed by atoms with E-state index in [0.29, 0.717) is 0 Å². The molecule has 4 heteroatoms. The van der Waals surface area contributed by atoms with Crippen LogP contribution in [0.1, 0.15) is 27.7 Å². The maximum absolute atomic E-state index is 11.0. The summed E-state index contributed by atoms with van der Waals surface area (Å²) >= 11 is 5.47. The Kier molecular flexibility index (Phi) is 3.62. The fraction of sp³-hybridized carbons (Fsp3) is 1.00. The minimum atomic E-state index is -2.85. The standard InChI is InChI=1S/C7H16ClO2P/c1-6(7(2,3)4)10-11(5,8)9/h6H,1-5H3/t6-,11-/m1/s1. The monoisotopic (exact) mass is 198 g/mol. The third-order valence-electron chi connectivity index (χ3n) is 1.57. The molecular weight excluding hydrogens is 183 g/mol. The summed E-state index contributed by atoms with van der Waals surface area (Å²) in [5.74, 6) is 0. The zero-order valence-electron chi connectivity index (χ0n) is 7.72. The Hall–Kier alpha value is 0.480. The highest BCUT2D eigenvalue weighted by Gasteiger charge is 2.26. The van der Waals surface area contributed by atoms with Gasteiger partial charge in [-0.3, -0.25) is 4.57 Å². The molecule has 2 atom stereocenters. The summed E-state index contributed by atoms with van der Waals surface area (Å²) in [4.78, 5) is 0. The van der Waals surface area contributed by atoms with Crippen LogP contribution in [-0.4, -0.2) is 12.8 Å². The largest absolute Gasteiger partial charge is 0.314 e. The van der Waals surface area contributed by atoms with E-state index in [-0.39, 0.29) is 11.5 Å². The molecule has 68 valence electrons. The molecule has 2 nitrogen and oxygen atoms in total. The molecule has 0 aromatic carbocycles. The predicted molar refractivity (Wildman–Crippen MR) is 49.4 cm³/mol. The second kappa shape index (κ2) is 3.47. The molecule has 0 rings (SSSR count). The number of hydrogen-bond acceptors (Lipinski definition) is 2. The van der Waals surface area contributed by atoms with Gasteiger partial charge in [-0.25, -0.2) is 0 Å². The molecule has 0 saturated carbocycles. The normalized spacial score (nSPS) is 20.9. The van der Waals surface area contributed by atoms with Crippen molar-refractivity contribution in [2.45, 2.75) is 33.8 Å². The second-order valence-corrected chi connectivity index (χ2v) is 7.41. The topological polar surface area (TPSA) is 26.3 Å². The molecule has 0 aliphatic carbocycles. The first-order valence-electron chi connectivity index (χ1n) is 3.58. The van der Waals surface area contributed by atoms with Crippen LogP contribution >= 0.6 is 18.0 Å². The van der Waals surface area contributed by atoms with Crippen molar-refractivity contribution in [1.29, 1.82) is 0 Å². The first-order chi connectivity index (χ1) is 4.63. The van der Waals surface area contributed by atoms with Crippen LogP contribution in [-0.2, 0) is 9.09 Å². The molecule has 0 N–H and O–H groups in total. The number of rotatable bonds is 2. The van der Waals surface area contributed by atoms with E-state index in [4.69, 9.17) is 15.8 Å². The Labute approximate surface area is 73.5 Å². The van der Waals surface area contributed by atoms with Gasteiger partial charge in [-0.2, -0.15) is 0 Å². The first kappa shape index (κ1) is 11.5. The maximum Gasteiger partial charge on any atom is 0.287 e. The van der Waals surface area contributed by atoms with Gasteiger partial charge in [0.1, 0.15) is 0 Å². The Morgan fingerprint density at radius 3 is 1.91 bits per heavy atom. The SMILES string of the molecule is C[C@@H](O[P@@](C)(=O)Cl)C(C)(C)C. The van der Waals surface area contributed by atoms with Crippen LogP contribution in [0.4, 0.5) is 0 Å². The minimum absolute atomic E-state index is 0.0133. The maximum atomic E-state index is 11.0. The average Bonchev–Trinajstić information content (AvgIpc) is 1.56. The van der Waals surface area contributed by atoms with Crippen LogP contribution in [0.3, 0.4) is 0 Å². The first-order valence-corrected chi connectivity index (χ1v) is 6.56. The zero-order valence-corrected chi connectivity index (χ0v) is 9.37. The van der Waals surface area contributed by atoms with E-state index in [1.165, 1.54) is 6.66 Å². The number of hydrogen-bond donors (Lipinski definition) is 0. The van der Waals surface area contributed by atoms with Crippen molar-refractivity contribution < 1.29 is 9.09 Å². The lowest BCUT2D eigenvalue weighted by Crippen LogP contribution is -2.24. The van der Waals surface area contributed by atoms with Gasteiger partial charge in [0.25, 0.3) is 6.72 Å². The molecule has 0 aromatic heterocycles. The lowest BCUT2D eigenvalue weighted by atomic mass is 9.91. The Balaban J connectivity index is 4.10. The fourth-order valence-corrected chi connectivity index (χ4v) is 1.68. The van der Waals surface area contributed by atoms with Gasteiger partial charge in [0.05, 0.1) is 6.10 Å². The van der Waals surface area contributed by atoms with Crippen LogP contribution in [0.5, 0.6) is 0 Å². The summed E-state index contributed by atoms with van der Waals surface area (Å²) in [7, 11) is 0. The smallest absolute Gasteiger partial charge is 0.287 e. The van der Waals surface area contributed by atoms with E-state index < -0.39 is 6.72 Å². The van der Waals surface area contributed by atoms with Crippen molar-refractivity contribution in [3.63, 3.8) is 0 Å². The molecule has 0 aliphatic rings. The Bertz CT molecular complexity index is 168. The summed E-state index contributed by atoms with van der Waals surface area (Å²) in [6, 6.07) is 0. The van der Waals surface area contributed by atoms with E-state index in [0.717, 1.165) is 0 Å². The Morgan fingerprint density at radius 1 is 1.45 bits per heavy atom. The van der Waals surface area contributed by atoms with Gasteiger partial charge in [-0.05, 0) is 23.6 Å². The average molecular weight is 199 g/mol. The van der Waals surface area contributed by atoms with Gasteiger partial charge in [-0.15, -0.1) is 0 Å². The van der Waals surface area contributed by atoms with E-state index >= 15 is 0 Å². The molecule has 0 saturated heterocycles. The van der Waals surface area contributed by atoms with Crippen LogP contribution < -0.4 is 0 Å². The van der Waals surface area contributed by atoms with Crippen molar-refractivity contribution in [2.24, 2.45) is 5.41 Å². The van der Waals surface area contributed by atoms with Crippen molar-refractivity contribution in [1.82, 2.24) is 0 Å². The molecule has 0 amide bonds. The van der Waals surface area contributed by atoms with Crippen molar-refractivity contribution in [2.75, 3.05) is 6.66 Å². The molecule has 0 bridgehead atoms. The van der Waals surface area contributed by atoms with E-state index in [1.807, 2.05) is 27.7 Å². The lowest BCUT2D eigenvalue weighted by Gasteiger charge is -2.27. The van der Waals surface area contributed by atoms with Gasteiger partial charge in [0.15, 0.2) is 0 Å². The third-order valence-corrected chi connectivity index (χ3v) is 2.50. The summed E-state index contributed by atoms with van der Waals surface area (Å²) < 4.78 is 16.1. The summed E-state index contributed by atoms with van der Waals surface area (Å²) in [6.07, 6.45) is -0.0872. The summed E-state index contributed by atoms with van der Waals surface area (Å²) in [5, 5.41) is 0. The van der Waals surface area contributed by atoms with Gasteiger partial charge < -0.3 is 4.52 Å². The molecule has 0 aromatic rings. The van der Waals surface area contributed by atoms with Crippen LogP contribution in [0, 0.1) is 5.41 Å². The highest BCUT2D eigenvalue weighted by Crippen LogP contribution is 2.51. The molecule has 0 radical (unpaired) electrons. The lowest BCUT2D eigenvalue weighted by molar-refractivity contribution is 0.111. The fourth-order valence-electron chi connectivity index (χ4n) is 0.441. The molecule has 0 unspecified atom stereocenters. The third kappa shape index (κ3) is 5.72. The Morgan fingerprint density at radius 2 is 1.82 bits per heavy atom. The van der Waals surface area contributed by atoms with Gasteiger partial charge in [0.2, 0.25) is 0 Å². The van der Waals surface area contributed by atoms with Crippen LogP contribution in [0.25, 0.3) is 0 Å². The summed E-state index contributed by atoms with van der Waals surface area (Å²) in [5.41, 5.74) is -0.0133. The van der Waals surface area contributed by atoms with Crippen molar-refractivity contribution in [3.8, 4) is 0 Å². The second-order valence-electron chi connectivity index (χ2n) is 3.86. The van der Waals surface area contributed by atoms with Crippen molar-refractivity contribution in [3.05, 3.63) is 0 Å². The van der Waals surface area contributed by atoms with Gasteiger partial charge in [0, 0.05) is 6.66 Å². The van der Waals surface area contributed by atoms with E-state index in [1.54, 1.807) is 0 Å². The van der Waals surface area contributed by atoms with Gasteiger partial charge >= 0.3 is 0 Å².